The summed E-state index contributed by atoms with van der Waals surface area (Å²) in [5.74, 6) is 0.879. The molecule has 0 saturated heterocycles. The van der Waals surface area contributed by atoms with Crippen LogP contribution in [0.15, 0.2) is 47.2 Å². The molecule has 2 aromatic heterocycles. The Labute approximate surface area is 217 Å². The van der Waals surface area contributed by atoms with Gasteiger partial charge in [0, 0.05) is 39.7 Å². The molecule has 0 aliphatic rings. The van der Waals surface area contributed by atoms with Crippen LogP contribution in [0.4, 0.5) is 0 Å². The van der Waals surface area contributed by atoms with Crippen molar-refractivity contribution in [2.75, 3.05) is 20.3 Å². The highest BCUT2D eigenvalue weighted by molar-refractivity contribution is 7.14. The zero-order valence-electron chi connectivity index (χ0n) is 22.1. The molecular formula is C30H36O3S2. The fraction of sp³-hybridized carbons (Fsp3) is 0.400. The van der Waals surface area contributed by atoms with E-state index in [-0.39, 0.29) is 11.2 Å². The highest BCUT2D eigenvalue weighted by atomic mass is 32.1. The summed E-state index contributed by atoms with van der Waals surface area (Å²) >= 11 is 3.51. The summed E-state index contributed by atoms with van der Waals surface area (Å²) < 4.78 is 18.1. The minimum Gasteiger partial charge on any atom is -0.496 e. The first-order valence-electron chi connectivity index (χ1n) is 12.2. The van der Waals surface area contributed by atoms with E-state index in [1.165, 1.54) is 42.8 Å². The molecule has 5 heteroatoms. The molecule has 0 saturated carbocycles. The SMILES string of the molecule is CCOC(C)(C)c1ccsc1-c1cc2cc(OC)c(-c3sccc3C(C)(C)OCC)cc2cc1C. The summed E-state index contributed by atoms with van der Waals surface area (Å²) in [6.07, 6.45) is 0. The van der Waals surface area contributed by atoms with E-state index in [2.05, 4.69) is 81.8 Å². The predicted octanol–water partition coefficient (Wildman–Crippen LogP) is 9.16. The average Bonchev–Trinajstić information content (AvgIpc) is 3.48. The van der Waals surface area contributed by atoms with Gasteiger partial charge in [0.15, 0.2) is 0 Å². The minimum atomic E-state index is -0.368. The van der Waals surface area contributed by atoms with Crippen LogP contribution in [0.5, 0.6) is 5.75 Å². The predicted molar refractivity (Wildman–Crippen MR) is 151 cm³/mol. The topological polar surface area (TPSA) is 27.7 Å². The Morgan fingerprint density at radius 1 is 0.714 bits per heavy atom. The van der Waals surface area contributed by atoms with Crippen LogP contribution >= 0.6 is 22.7 Å². The van der Waals surface area contributed by atoms with Crippen molar-refractivity contribution in [2.45, 2.75) is 59.7 Å². The Hall–Kier alpha value is -2.18. The van der Waals surface area contributed by atoms with E-state index in [9.17, 15) is 0 Å². The number of fused-ring (bicyclic) bond motifs is 1. The van der Waals surface area contributed by atoms with Crippen LogP contribution < -0.4 is 4.74 Å². The molecule has 186 valence electrons. The highest BCUT2D eigenvalue weighted by Crippen LogP contribution is 2.45. The number of hydrogen-bond acceptors (Lipinski definition) is 5. The maximum absolute atomic E-state index is 6.09. The Morgan fingerprint density at radius 3 is 1.71 bits per heavy atom. The van der Waals surface area contributed by atoms with Crippen LogP contribution in [0.25, 0.3) is 31.7 Å². The molecule has 0 spiro atoms. The van der Waals surface area contributed by atoms with Crippen molar-refractivity contribution in [3.63, 3.8) is 0 Å². The van der Waals surface area contributed by atoms with Crippen molar-refractivity contribution in [3.8, 4) is 26.6 Å². The molecule has 0 aliphatic carbocycles. The highest BCUT2D eigenvalue weighted by Gasteiger charge is 2.28. The number of methoxy groups -OCH3 is 1. The minimum absolute atomic E-state index is 0.337. The molecule has 0 N–H and O–H groups in total. The monoisotopic (exact) mass is 508 g/mol. The smallest absolute Gasteiger partial charge is 0.128 e. The van der Waals surface area contributed by atoms with Crippen molar-refractivity contribution in [3.05, 3.63) is 63.8 Å². The van der Waals surface area contributed by atoms with Crippen LogP contribution in [0.3, 0.4) is 0 Å². The van der Waals surface area contributed by atoms with E-state index < -0.39 is 0 Å². The summed E-state index contributed by atoms with van der Waals surface area (Å²) in [5.41, 5.74) is 5.33. The van der Waals surface area contributed by atoms with Gasteiger partial charge in [0.1, 0.15) is 5.75 Å². The van der Waals surface area contributed by atoms with Crippen molar-refractivity contribution < 1.29 is 14.2 Å². The number of aryl methyl sites for hydroxylation is 1. The van der Waals surface area contributed by atoms with Crippen molar-refractivity contribution in [1.82, 2.24) is 0 Å². The van der Waals surface area contributed by atoms with Gasteiger partial charge >= 0.3 is 0 Å². The van der Waals surface area contributed by atoms with Crippen molar-refractivity contribution in [1.29, 1.82) is 0 Å². The third kappa shape index (κ3) is 4.92. The van der Waals surface area contributed by atoms with Crippen LogP contribution in [0.2, 0.25) is 0 Å². The van der Waals surface area contributed by atoms with E-state index >= 15 is 0 Å². The standard InChI is InChI=1S/C30H36O3S2/c1-9-32-29(4,5)24-11-13-34-27(24)22-16-21-18-26(31-8)23(17-20(21)15-19(22)3)28-25(12-14-35-28)30(6,7)33-10-2/h11-18H,9-10H2,1-8H3. The lowest BCUT2D eigenvalue weighted by atomic mass is 9.91. The first-order chi connectivity index (χ1) is 16.6. The van der Waals surface area contributed by atoms with Crippen LogP contribution in [0, 0.1) is 6.92 Å². The van der Waals surface area contributed by atoms with Crippen LogP contribution in [0.1, 0.15) is 58.2 Å². The normalized spacial score (nSPS) is 12.5. The molecule has 0 atom stereocenters. The average molecular weight is 509 g/mol. The van der Waals surface area contributed by atoms with E-state index in [4.69, 9.17) is 14.2 Å². The molecule has 0 fully saturated rings. The van der Waals surface area contributed by atoms with Gasteiger partial charge in [-0.3, -0.25) is 0 Å². The van der Waals surface area contributed by atoms with Crippen LogP contribution in [-0.4, -0.2) is 20.3 Å². The molecule has 2 aromatic carbocycles. The third-order valence-corrected chi connectivity index (χ3v) is 8.52. The molecular weight excluding hydrogens is 472 g/mol. The molecule has 4 aromatic rings. The lowest BCUT2D eigenvalue weighted by Crippen LogP contribution is -2.21. The Bertz CT molecular complexity index is 1330. The van der Waals surface area contributed by atoms with Gasteiger partial charge in [0.2, 0.25) is 0 Å². The molecule has 0 amide bonds. The van der Waals surface area contributed by atoms with Crippen molar-refractivity contribution >= 4 is 33.4 Å². The number of hydrogen-bond donors (Lipinski definition) is 0. The number of ether oxygens (including phenoxy) is 3. The molecule has 0 bridgehead atoms. The zero-order valence-corrected chi connectivity index (χ0v) is 23.7. The van der Waals surface area contributed by atoms with Gasteiger partial charge in [0.05, 0.1) is 18.3 Å². The molecule has 3 nitrogen and oxygen atoms in total. The van der Waals surface area contributed by atoms with Gasteiger partial charge in [0.25, 0.3) is 0 Å². The Kier molecular flexibility index (Phi) is 7.44. The first-order valence-corrected chi connectivity index (χ1v) is 14.0. The Morgan fingerprint density at radius 2 is 1.20 bits per heavy atom. The molecule has 4 rings (SSSR count). The second kappa shape index (κ2) is 10.1. The zero-order chi connectivity index (χ0) is 25.4. The number of benzene rings is 2. The second-order valence-corrected chi connectivity index (χ2v) is 11.6. The number of thiophene rings is 2. The third-order valence-electron chi connectivity index (χ3n) is 6.63. The van der Waals surface area contributed by atoms with E-state index in [0.29, 0.717) is 13.2 Å². The lowest BCUT2D eigenvalue weighted by molar-refractivity contribution is -0.0136. The van der Waals surface area contributed by atoms with Gasteiger partial charge < -0.3 is 14.2 Å². The van der Waals surface area contributed by atoms with Gasteiger partial charge in [-0.25, -0.2) is 0 Å². The van der Waals surface area contributed by atoms with Crippen molar-refractivity contribution in [2.24, 2.45) is 0 Å². The summed E-state index contributed by atoms with van der Waals surface area (Å²) in [7, 11) is 1.75. The first kappa shape index (κ1) is 25.9. The summed E-state index contributed by atoms with van der Waals surface area (Å²) in [4.78, 5) is 2.47. The van der Waals surface area contributed by atoms with Gasteiger partial charge in [-0.05, 0) is 111 Å². The van der Waals surface area contributed by atoms with Gasteiger partial charge in [-0.15, -0.1) is 22.7 Å². The van der Waals surface area contributed by atoms with Gasteiger partial charge in [-0.1, -0.05) is 6.07 Å². The summed E-state index contributed by atoms with van der Waals surface area (Å²) in [6.45, 7) is 16.2. The van der Waals surface area contributed by atoms with E-state index in [0.717, 1.165) is 11.3 Å². The molecule has 0 radical (unpaired) electrons. The Balaban J connectivity index is 1.86. The largest absolute Gasteiger partial charge is 0.496 e. The summed E-state index contributed by atoms with van der Waals surface area (Å²) in [6, 6.07) is 13.4. The second-order valence-electron chi connectivity index (χ2n) is 9.78. The molecule has 0 aliphatic heterocycles. The molecule has 2 heterocycles. The van der Waals surface area contributed by atoms with Crippen LogP contribution in [-0.2, 0) is 20.7 Å². The number of rotatable bonds is 9. The summed E-state index contributed by atoms with van der Waals surface area (Å²) in [5, 5.41) is 6.68. The fourth-order valence-electron chi connectivity index (χ4n) is 4.89. The quantitative estimate of drug-likeness (QED) is 0.225. The molecule has 35 heavy (non-hydrogen) atoms. The maximum atomic E-state index is 6.09. The van der Waals surface area contributed by atoms with E-state index in [1.807, 2.05) is 13.8 Å². The van der Waals surface area contributed by atoms with E-state index in [1.54, 1.807) is 29.8 Å². The lowest BCUT2D eigenvalue weighted by Gasteiger charge is -2.26. The molecule has 0 unspecified atom stereocenters. The van der Waals surface area contributed by atoms with Gasteiger partial charge in [-0.2, -0.15) is 0 Å². The fourth-order valence-corrected chi connectivity index (χ4v) is 7.09. The maximum Gasteiger partial charge on any atom is 0.128 e.